The molecule has 2 aromatic carbocycles. The van der Waals surface area contributed by atoms with Crippen LogP contribution in [-0.4, -0.2) is 45.2 Å². The van der Waals surface area contributed by atoms with Crippen LogP contribution >= 0.6 is 23.1 Å². The first-order valence-corrected chi connectivity index (χ1v) is 15.3. The lowest BCUT2D eigenvalue weighted by Crippen LogP contribution is -2.29. The zero-order chi connectivity index (χ0) is 29.6. The lowest BCUT2D eigenvalue weighted by molar-refractivity contribution is -0.132. The number of ketones is 1. The summed E-state index contributed by atoms with van der Waals surface area (Å²) in [6.07, 6.45) is 3.84. The van der Waals surface area contributed by atoms with Gasteiger partial charge in [0.05, 0.1) is 24.8 Å². The number of aliphatic hydroxyl groups excluding tert-OH is 1. The van der Waals surface area contributed by atoms with Crippen molar-refractivity contribution < 1.29 is 24.2 Å². The Bertz CT molecular complexity index is 1610. The van der Waals surface area contributed by atoms with Crippen LogP contribution in [0, 0.1) is 6.92 Å². The minimum absolute atomic E-state index is 0.0556. The van der Waals surface area contributed by atoms with Gasteiger partial charge in [-0.3, -0.25) is 19.5 Å². The molecule has 1 saturated heterocycles. The zero-order valence-corrected chi connectivity index (χ0v) is 25.1. The van der Waals surface area contributed by atoms with Gasteiger partial charge in [-0.1, -0.05) is 65.9 Å². The van der Waals surface area contributed by atoms with Crippen LogP contribution in [0.4, 0.5) is 5.13 Å². The first kappa shape index (κ1) is 29.3. The van der Waals surface area contributed by atoms with Gasteiger partial charge in [0.25, 0.3) is 5.78 Å². The Kier molecular flexibility index (Phi) is 9.19. The molecule has 2 aromatic heterocycles. The number of Topliss-reactive ketones (excluding diaryl/α,β-unsaturated/α-hetero) is 1. The fourth-order valence-corrected chi connectivity index (χ4v) is 6.32. The minimum Gasteiger partial charge on any atom is -0.507 e. The van der Waals surface area contributed by atoms with E-state index in [0.717, 1.165) is 12.0 Å². The van der Waals surface area contributed by atoms with E-state index in [-0.39, 0.29) is 16.5 Å². The molecule has 1 aliphatic heterocycles. The number of carbonyl (C=O) groups is 2. The second-order valence-electron chi connectivity index (χ2n) is 9.52. The van der Waals surface area contributed by atoms with Gasteiger partial charge in [-0.15, -0.1) is 10.2 Å². The monoisotopic (exact) mass is 602 g/mol. The average molecular weight is 603 g/mol. The van der Waals surface area contributed by atoms with Gasteiger partial charge in [-0.05, 0) is 55.7 Å². The number of nitrogens with zero attached hydrogens (tertiary/aromatic N) is 4. The zero-order valence-electron chi connectivity index (χ0n) is 23.4. The number of aromatic nitrogens is 3. The molecule has 1 amide bonds. The number of ether oxygens (including phenoxy) is 2. The van der Waals surface area contributed by atoms with Crippen LogP contribution < -0.4 is 14.4 Å². The molecule has 11 heteroatoms. The second-order valence-corrected chi connectivity index (χ2v) is 11.7. The van der Waals surface area contributed by atoms with Gasteiger partial charge < -0.3 is 14.6 Å². The maximum Gasteiger partial charge on any atom is 0.301 e. The predicted molar refractivity (Wildman–Crippen MR) is 163 cm³/mol. The summed E-state index contributed by atoms with van der Waals surface area (Å²) < 4.78 is 12.4. The van der Waals surface area contributed by atoms with Gasteiger partial charge in [-0.2, -0.15) is 0 Å². The van der Waals surface area contributed by atoms with Gasteiger partial charge >= 0.3 is 5.91 Å². The van der Waals surface area contributed by atoms with Crippen LogP contribution in [0.1, 0.15) is 48.6 Å². The topological polar surface area (TPSA) is 115 Å². The molecule has 4 aromatic rings. The number of benzene rings is 2. The Balaban J connectivity index is 1.56. The van der Waals surface area contributed by atoms with Crippen LogP contribution in [-0.2, 0) is 15.3 Å². The molecule has 1 atom stereocenters. The number of carbonyl (C=O) groups excluding carboxylic acids is 2. The fourth-order valence-electron chi connectivity index (χ4n) is 4.49. The van der Waals surface area contributed by atoms with Crippen molar-refractivity contribution in [1.29, 1.82) is 0 Å². The van der Waals surface area contributed by atoms with E-state index in [0.29, 0.717) is 45.9 Å². The third kappa shape index (κ3) is 6.17. The highest BCUT2D eigenvalue weighted by Gasteiger charge is 2.48. The van der Waals surface area contributed by atoms with Crippen molar-refractivity contribution in [2.45, 2.75) is 43.3 Å². The Morgan fingerprint density at radius 3 is 2.48 bits per heavy atom. The van der Waals surface area contributed by atoms with E-state index in [1.807, 2.05) is 20.8 Å². The van der Waals surface area contributed by atoms with E-state index >= 15 is 0 Å². The van der Waals surface area contributed by atoms with Crippen molar-refractivity contribution in [2.75, 3.05) is 18.1 Å². The maximum absolute atomic E-state index is 13.6. The van der Waals surface area contributed by atoms with E-state index in [1.54, 1.807) is 30.3 Å². The molecule has 42 heavy (non-hydrogen) atoms. The first-order chi connectivity index (χ1) is 20.4. The number of rotatable bonds is 11. The predicted octanol–water partition coefficient (Wildman–Crippen LogP) is 6.35. The third-order valence-electron chi connectivity index (χ3n) is 6.53. The number of anilines is 1. The average Bonchev–Trinajstić information content (AvgIpc) is 3.58. The molecule has 0 bridgehead atoms. The number of amides is 1. The van der Waals surface area contributed by atoms with E-state index in [9.17, 15) is 14.7 Å². The van der Waals surface area contributed by atoms with Crippen molar-refractivity contribution in [3.05, 3.63) is 94.8 Å². The summed E-state index contributed by atoms with van der Waals surface area (Å²) in [6, 6.07) is 15.7. The second kappa shape index (κ2) is 13.2. The van der Waals surface area contributed by atoms with Gasteiger partial charge in [0.15, 0.2) is 15.8 Å². The highest BCUT2D eigenvalue weighted by Crippen LogP contribution is 2.45. The summed E-state index contributed by atoms with van der Waals surface area (Å²) in [6.45, 7) is 6.81. The Labute approximate surface area is 252 Å². The highest BCUT2D eigenvalue weighted by molar-refractivity contribution is 8.00. The van der Waals surface area contributed by atoms with Crippen molar-refractivity contribution in [2.24, 2.45) is 0 Å². The van der Waals surface area contributed by atoms with Gasteiger partial charge in [0.1, 0.15) is 5.76 Å². The number of thioether (sulfide) groups is 1. The lowest BCUT2D eigenvalue weighted by atomic mass is 9.95. The molecule has 1 N–H and O–H groups in total. The maximum atomic E-state index is 13.6. The van der Waals surface area contributed by atoms with Crippen molar-refractivity contribution in [1.82, 2.24) is 15.2 Å². The SMILES string of the molecule is CCCOc1ccc(C2/C(=C(\O)c3ccncc3)C(=O)C(=O)N2c2nnc(SCc3ccc(C)cc3)s2)cc1OCC. The van der Waals surface area contributed by atoms with E-state index in [2.05, 4.69) is 39.4 Å². The van der Waals surface area contributed by atoms with E-state index in [1.165, 1.54) is 46.0 Å². The minimum atomic E-state index is -0.972. The molecule has 0 radical (unpaired) electrons. The molecular weight excluding hydrogens is 572 g/mol. The van der Waals surface area contributed by atoms with Crippen LogP contribution in [0.15, 0.2) is 76.9 Å². The number of hydrogen-bond donors (Lipinski definition) is 1. The van der Waals surface area contributed by atoms with Crippen LogP contribution in [0.5, 0.6) is 11.5 Å². The molecule has 5 rings (SSSR count). The Morgan fingerprint density at radius 2 is 1.76 bits per heavy atom. The first-order valence-electron chi connectivity index (χ1n) is 13.5. The highest BCUT2D eigenvalue weighted by atomic mass is 32.2. The quantitative estimate of drug-likeness (QED) is 0.0690. The largest absolute Gasteiger partial charge is 0.507 e. The summed E-state index contributed by atoms with van der Waals surface area (Å²) in [5.41, 5.74) is 3.18. The van der Waals surface area contributed by atoms with E-state index < -0.39 is 17.7 Å². The number of hydrogen-bond acceptors (Lipinski definition) is 10. The van der Waals surface area contributed by atoms with Crippen LogP contribution in [0.2, 0.25) is 0 Å². The summed E-state index contributed by atoms with van der Waals surface area (Å²) in [5.74, 6) is -0.209. The summed E-state index contributed by atoms with van der Waals surface area (Å²) in [5, 5.41) is 20.2. The van der Waals surface area contributed by atoms with E-state index in [4.69, 9.17) is 9.47 Å². The lowest BCUT2D eigenvalue weighted by Gasteiger charge is -2.23. The van der Waals surface area contributed by atoms with Crippen LogP contribution in [0.3, 0.4) is 0 Å². The molecule has 216 valence electrons. The molecule has 1 fully saturated rings. The summed E-state index contributed by atoms with van der Waals surface area (Å²) >= 11 is 2.72. The van der Waals surface area contributed by atoms with Crippen LogP contribution in [0.25, 0.3) is 5.76 Å². The van der Waals surface area contributed by atoms with Crippen molar-refractivity contribution in [3.8, 4) is 11.5 Å². The number of aliphatic hydroxyl groups is 1. The fraction of sp³-hybridized carbons (Fsp3) is 0.258. The molecule has 0 aliphatic carbocycles. The molecular formula is C31H30N4O5S2. The van der Waals surface area contributed by atoms with Crippen molar-refractivity contribution >= 4 is 45.7 Å². The normalized spacial score (nSPS) is 16.2. The Hall–Kier alpha value is -4.22. The molecule has 0 saturated carbocycles. The van der Waals surface area contributed by atoms with Gasteiger partial charge in [0, 0.05) is 23.7 Å². The number of aryl methyl sites for hydroxylation is 1. The molecule has 0 spiro atoms. The number of pyridine rings is 1. The summed E-state index contributed by atoms with van der Waals surface area (Å²) in [4.78, 5) is 32.4. The molecule has 9 nitrogen and oxygen atoms in total. The van der Waals surface area contributed by atoms with Gasteiger partial charge in [0.2, 0.25) is 5.13 Å². The Morgan fingerprint density at radius 1 is 1.00 bits per heavy atom. The van der Waals surface area contributed by atoms with Gasteiger partial charge in [-0.25, -0.2) is 0 Å². The molecule has 1 aliphatic rings. The molecule has 1 unspecified atom stereocenters. The van der Waals surface area contributed by atoms with Crippen molar-refractivity contribution in [3.63, 3.8) is 0 Å². The standard InChI is InChI=1S/C31H30N4O5S2/c1-4-16-40-23-11-10-22(17-24(23)39-5-2)26-25(27(36)21-12-14-32-15-13-21)28(37)29(38)35(26)30-33-34-31(42-30)41-18-20-8-6-19(3)7-9-20/h6-15,17,26,36H,4-5,16,18H2,1-3H3/b27-25+. The smallest absolute Gasteiger partial charge is 0.301 e. The molecule has 3 heterocycles. The third-order valence-corrected chi connectivity index (χ3v) is 8.66. The summed E-state index contributed by atoms with van der Waals surface area (Å²) in [7, 11) is 0.